The molecule has 0 heterocycles. The van der Waals surface area contributed by atoms with Crippen molar-refractivity contribution in [1.29, 1.82) is 0 Å². The van der Waals surface area contributed by atoms with Crippen LogP contribution in [0.15, 0.2) is 0 Å². The highest BCUT2D eigenvalue weighted by atomic mass is 16.2. The average Bonchev–Trinajstić information content (AvgIpc) is 2.43. The molecule has 0 saturated heterocycles. The minimum Gasteiger partial charge on any atom is -0.338 e. The fraction of sp³-hybridized carbons (Fsp3) is 0.909. The molecule has 1 aliphatic rings. The van der Waals surface area contributed by atoms with Crippen molar-refractivity contribution in [2.75, 3.05) is 6.54 Å². The Bertz CT molecular complexity index is 201. The lowest BCUT2D eigenvalue weighted by molar-refractivity contribution is 0.222. The number of nitrogens with one attached hydrogen (secondary N) is 2. The molecule has 3 nitrogen and oxygen atoms in total. The number of amides is 2. The van der Waals surface area contributed by atoms with Crippen LogP contribution in [0.4, 0.5) is 4.79 Å². The molecule has 0 radical (unpaired) electrons. The molecule has 0 aromatic heterocycles. The van der Waals surface area contributed by atoms with E-state index >= 15 is 0 Å². The second-order valence-corrected chi connectivity index (χ2v) is 4.83. The molecule has 1 fully saturated rings. The highest BCUT2D eigenvalue weighted by Gasteiger charge is 2.35. The molecule has 82 valence electrons. The summed E-state index contributed by atoms with van der Waals surface area (Å²) in [6.07, 6.45) is 4.55. The first kappa shape index (κ1) is 11.3. The molecule has 1 saturated carbocycles. The number of hydrogen-bond donors (Lipinski definition) is 2. The van der Waals surface area contributed by atoms with Crippen LogP contribution >= 0.6 is 0 Å². The maximum atomic E-state index is 11.4. The Morgan fingerprint density at radius 1 is 1.50 bits per heavy atom. The summed E-state index contributed by atoms with van der Waals surface area (Å²) in [5.74, 6) is 0. The van der Waals surface area contributed by atoms with Crippen molar-refractivity contribution >= 4 is 6.03 Å². The van der Waals surface area contributed by atoms with Crippen LogP contribution in [-0.2, 0) is 0 Å². The number of rotatable bonds is 3. The topological polar surface area (TPSA) is 41.1 Å². The first-order valence-corrected chi connectivity index (χ1v) is 5.60. The van der Waals surface area contributed by atoms with Crippen molar-refractivity contribution in [2.45, 2.75) is 52.5 Å². The lowest BCUT2D eigenvalue weighted by Gasteiger charge is -2.27. The summed E-state index contributed by atoms with van der Waals surface area (Å²) in [5, 5.41) is 5.90. The average molecular weight is 198 g/mol. The summed E-state index contributed by atoms with van der Waals surface area (Å²) < 4.78 is 0. The van der Waals surface area contributed by atoms with Gasteiger partial charge in [-0.15, -0.1) is 0 Å². The highest BCUT2D eigenvalue weighted by molar-refractivity contribution is 5.74. The Morgan fingerprint density at radius 3 is 2.71 bits per heavy atom. The summed E-state index contributed by atoms with van der Waals surface area (Å²) in [6.45, 7) is 7.27. The van der Waals surface area contributed by atoms with Gasteiger partial charge >= 0.3 is 6.03 Å². The molecule has 2 N–H and O–H groups in total. The van der Waals surface area contributed by atoms with Crippen LogP contribution in [0.1, 0.15) is 46.5 Å². The number of carbonyl (C=O) groups excluding carboxylic acids is 1. The molecule has 1 rings (SSSR count). The zero-order chi connectivity index (χ0) is 10.6. The molecule has 1 aliphatic carbocycles. The van der Waals surface area contributed by atoms with Crippen LogP contribution in [0.25, 0.3) is 0 Å². The Kier molecular flexibility index (Phi) is 3.78. The minimum atomic E-state index is -0.00757. The fourth-order valence-corrected chi connectivity index (χ4v) is 2.04. The Balaban J connectivity index is 2.33. The molecule has 0 aromatic carbocycles. The van der Waals surface area contributed by atoms with Crippen LogP contribution in [0.3, 0.4) is 0 Å². The van der Waals surface area contributed by atoms with Crippen molar-refractivity contribution in [1.82, 2.24) is 10.6 Å². The first-order valence-electron chi connectivity index (χ1n) is 5.60. The monoisotopic (exact) mass is 198 g/mol. The van der Waals surface area contributed by atoms with Gasteiger partial charge in [0.1, 0.15) is 0 Å². The molecular weight excluding hydrogens is 176 g/mol. The zero-order valence-electron chi connectivity index (χ0n) is 9.52. The molecule has 0 spiro atoms. The molecule has 1 atom stereocenters. The van der Waals surface area contributed by atoms with Gasteiger partial charge in [0, 0.05) is 12.6 Å². The smallest absolute Gasteiger partial charge is 0.315 e. The van der Waals surface area contributed by atoms with E-state index in [-0.39, 0.29) is 11.4 Å². The van der Waals surface area contributed by atoms with Gasteiger partial charge in [0.05, 0.1) is 0 Å². The van der Waals surface area contributed by atoms with E-state index in [4.69, 9.17) is 0 Å². The van der Waals surface area contributed by atoms with E-state index in [1.165, 1.54) is 12.8 Å². The van der Waals surface area contributed by atoms with Gasteiger partial charge in [-0.05, 0) is 24.7 Å². The molecule has 0 aliphatic heterocycles. The van der Waals surface area contributed by atoms with E-state index in [0.29, 0.717) is 6.04 Å². The quantitative estimate of drug-likeness (QED) is 0.717. The van der Waals surface area contributed by atoms with Gasteiger partial charge in [0.15, 0.2) is 0 Å². The van der Waals surface area contributed by atoms with Crippen molar-refractivity contribution in [3.63, 3.8) is 0 Å². The van der Waals surface area contributed by atoms with Crippen molar-refractivity contribution in [3.8, 4) is 0 Å². The van der Waals surface area contributed by atoms with Gasteiger partial charge in [0.25, 0.3) is 0 Å². The molecule has 14 heavy (non-hydrogen) atoms. The van der Waals surface area contributed by atoms with Crippen LogP contribution in [0.5, 0.6) is 0 Å². The first-order chi connectivity index (χ1) is 6.56. The van der Waals surface area contributed by atoms with Crippen molar-refractivity contribution in [3.05, 3.63) is 0 Å². The van der Waals surface area contributed by atoms with Gasteiger partial charge in [-0.25, -0.2) is 4.79 Å². The SMILES string of the molecule is CCCNC(=O)NC1CCCC1(C)C. The Labute approximate surface area is 86.6 Å². The van der Waals surface area contributed by atoms with Gasteiger partial charge in [-0.2, -0.15) is 0 Å². The van der Waals surface area contributed by atoms with Gasteiger partial charge in [-0.1, -0.05) is 27.2 Å². The maximum absolute atomic E-state index is 11.4. The van der Waals surface area contributed by atoms with Gasteiger partial charge in [0.2, 0.25) is 0 Å². The van der Waals surface area contributed by atoms with E-state index in [9.17, 15) is 4.79 Å². The molecule has 3 heteroatoms. The van der Waals surface area contributed by atoms with Crippen molar-refractivity contribution < 1.29 is 4.79 Å². The van der Waals surface area contributed by atoms with Crippen LogP contribution in [-0.4, -0.2) is 18.6 Å². The van der Waals surface area contributed by atoms with Crippen LogP contribution in [0.2, 0.25) is 0 Å². The Hall–Kier alpha value is -0.730. The summed E-state index contributed by atoms with van der Waals surface area (Å²) in [4.78, 5) is 11.4. The number of urea groups is 1. The lowest BCUT2D eigenvalue weighted by atomic mass is 9.87. The van der Waals surface area contributed by atoms with Gasteiger partial charge < -0.3 is 10.6 Å². The third kappa shape index (κ3) is 2.89. The Morgan fingerprint density at radius 2 is 2.21 bits per heavy atom. The van der Waals surface area contributed by atoms with E-state index in [1.54, 1.807) is 0 Å². The second-order valence-electron chi connectivity index (χ2n) is 4.83. The van der Waals surface area contributed by atoms with Crippen LogP contribution < -0.4 is 10.6 Å². The maximum Gasteiger partial charge on any atom is 0.315 e. The molecule has 1 unspecified atom stereocenters. The van der Waals surface area contributed by atoms with Crippen LogP contribution in [0, 0.1) is 5.41 Å². The third-order valence-corrected chi connectivity index (χ3v) is 3.10. The lowest BCUT2D eigenvalue weighted by Crippen LogP contribution is -2.46. The van der Waals surface area contributed by atoms with E-state index in [2.05, 4.69) is 31.4 Å². The predicted octanol–water partition coefficient (Wildman–Crippen LogP) is 2.27. The standard InChI is InChI=1S/C11H22N2O/c1-4-8-12-10(14)13-9-6-5-7-11(9,2)3/h9H,4-8H2,1-3H3,(H2,12,13,14). The number of hydrogen-bond acceptors (Lipinski definition) is 1. The predicted molar refractivity (Wildman–Crippen MR) is 58.2 cm³/mol. The normalized spacial score (nSPS) is 24.6. The minimum absolute atomic E-state index is 0.00757. The second kappa shape index (κ2) is 4.67. The summed E-state index contributed by atoms with van der Waals surface area (Å²) in [6, 6.07) is 0.339. The van der Waals surface area contributed by atoms with E-state index in [1.807, 2.05) is 0 Å². The van der Waals surface area contributed by atoms with E-state index < -0.39 is 0 Å². The largest absolute Gasteiger partial charge is 0.338 e. The summed E-state index contributed by atoms with van der Waals surface area (Å²) in [7, 11) is 0. The third-order valence-electron chi connectivity index (χ3n) is 3.10. The zero-order valence-corrected chi connectivity index (χ0v) is 9.52. The summed E-state index contributed by atoms with van der Waals surface area (Å²) >= 11 is 0. The summed E-state index contributed by atoms with van der Waals surface area (Å²) in [5.41, 5.74) is 0.267. The molecule has 0 bridgehead atoms. The van der Waals surface area contributed by atoms with E-state index in [0.717, 1.165) is 19.4 Å². The highest BCUT2D eigenvalue weighted by Crippen LogP contribution is 2.36. The molecule has 0 aromatic rings. The van der Waals surface area contributed by atoms with Crippen molar-refractivity contribution in [2.24, 2.45) is 5.41 Å². The fourth-order valence-electron chi connectivity index (χ4n) is 2.04. The number of carbonyl (C=O) groups is 1. The molecular formula is C11H22N2O. The molecule has 2 amide bonds. The van der Waals surface area contributed by atoms with Gasteiger partial charge in [-0.3, -0.25) is 0 Å².